The molecule has 0 aliphatic carbocycles. The first-order valence-corrected chi connectivity index (χ1v) is 7.94. The number of hydrogen-bond donors (Lipinski definition) is 0. The van der Waals surface area contributed by atoms with Crippen LogP contribution < -0.4 is 0 Å². The highest BCUT2D eigenvalue weighted by molar-refractivity contribution is 8.00. The van der Waals surface area contributed by atoms with E-state index in [2.05, 4.69) is 4.98 Å². The fourth-order valence-corrected chi connectivity index (χ4v) is 3.01. The Balaban J connectivity index is 2.80. The second-order valence-corrected chi connectivity index (χ2v) is 6.94. The van der Waals surface area contributed by atoms with Gasteiger partial charge in [0.1, 0.15) is 0 Å². The maximum Gasteiger partial charge on any atom is 0.417 e. The smallest absolute Gasteiger partial charge is 0.337 e. The summed E-state index contributed by atoms with van der Waals surface area (Å²) in [6.07, 6.45) is -3.61. The summed E-state index contributed by atoms with van der Waals surface area (Å²) in [6.45, 7) is 9.48. The maximum absolute atomic E-state index is 12.5. The minimum absolute atomic E-state index is 0.0447. The number of amides is 1. The number of thioether (sulfide) groups is 1. The van der Waals surface area contributed by atoms with E-state index in [0.29, 0.717) is 5.03 Å². The van der Waals surface area contributed by atoms with Crippen molar-refractivity contribution in [1.82, 2.24) is 9.88 Å². The summed E-state index contributed by atoms with van der Waals surface area (Å²) in [5.41, 5.74) is -0.790. The van der Waals surface area contributed by atoms with Gasteiger partial charge < -0.3 is 4.90 Å². The molecular formula is C15H21F3N2OS. The van der Waals surface area contributed by atoms with Crippen LogP contribution in [0, 0.1) is 0 Å². The lowest BCUT2D eigenvalue weighted by atomic mass is 10.2. The molecule has 0 spiro atoms. The van der Waals surface area contributed by atoms with Crippen LogP contribution in [0.2, 0.25) is 0 Å². The third-order valence-corrected chi connectivity index (χ3v) is 4.11. The number of hydrogen-bond acceptors (Lipinski definition) is 3. The first kappa shape index (κ1) is 18.8. The molecule has 0 saturated heterocycles. The molecule has 7 heteroatoms. The van der Waals surface area contributed by atoms with Crippen molar-refractivity contribution in [2.75, 3.05) is 0 Å². The Morgan fingerprint density at radius 2 is 1.68 bits per heavy atom. The van der Waals surface area contributed by atoms with Gasteiger partial charge >= 0.3 is 6.18 Å². The molecule has 1 unspecified atom stereocenters. The van der Waals surface area contributed by atoms with Crippen LogP contribution in [0.1, 0.15) is 40.2 Å². The van der Waals surface area contributed by atoms with Crippen molar-refractivity contribution in [3.05, 3.63) is 23.9 Å². The molecule has 0 saturated carbocycles. The van der Waals surface area contributed by atoms with Gasteiger partial charge in [0, 0.05) is 18.3 Å². The van der Waals surface area contributed by atoms with E-state index >= 15 is 0 Å². The molecule has 1 aromatic rings. The number of carbonyl (C=O) groups excluding carboxylic acids is 1. The number of rotatable bonds is 5. The van der Waals surface area contributed by atoms with Crippen LogP contribution in [0.15, 0.2) is 23.4 Å². The minimum Gasteiger partial charge on any atom is -0.337 e. The number of pyridine rings is 1. The van der Waals surface area contributed by atoms with E-state index in [1.165, 1.54) is 6.07 Å². The highest BCUT2D eigenvalue weighted by Gasteiger charge is 2.31. The Hall–Kier alpha value is -1.24. The maximum atomic E-state index is 12.5. The van der Waals surface area contributed by atoms with E-state index in [9.17, 15) is 18.0 Å². The minimum atomic E-state index is -4.40. The third kappa shape index (κ3) is 4.90. The van der Waals surface area contributed by atoms with Crippen LogP contribution in [0.5, 0.6) is 0 Å². The monoisotopic (exact) mass is 334 g/mol. The van der Waals surface area contributed by atoms with Gasteiger partial charge in [0.05, 0.1) is 15.8 Å². The van der Waals surface area contributed by atoms with Gasteiger partial charge in [0.15, 0.2) is 0 Å². The summed E-state index contributed by atoms with van der Waals surface area (Å²) in [5.74, 6) is -0.0447. The molecule has 124 valence electrons. The topological polar surface area (TPSA) is 33.2 Å². The zero-order valence-corrected chi connectivity index (χ0v) is 14.1. The number of halogens is 3. The van der Waals surface area contributed by atoms with E-state index in [1.807, 2.05) is 27.7 Å². The van der Waals surface area contributed by atoms with Gasteiger partial charge in [0.2, 0.25) is 5.91 Å². The van der Waals surface area contributed by atoms with Crippen molar-refractivity contribution in [3.8, 4) is 0 Å². The van der Waals surface area contributed by atoms with Gasteiger partial charge in [-0.2, -0.15) is 13.2 Å². The summed E-state index contributed by atoms with van der Waals surface area (Å²) in [6, 6.07) is 2.41. The second-order valence-electron chi connectivity index (χ2n) is 5.58. The molecule has 0 fully saturated rings. The number of alkyl halides is 3. The number of aromatic nitrogens is 1. The van der Waals surface area contributed by atoms with Gasteiger partial charge in [-0.3, -0.25) is 4.79 Å². The van der Waals surface area contributed by atoms with Crippen molar-refractivity contribution in [3.63, 3.8) is 0 Å². The summed E-state index contributed by atoms with van der Waals surface area (Å²) in [7, 11) is 0. The Morgan fingerprint density at radius 3 is 2.05 bits per heavy atom. The largest absolute Gasteiger partial charge is 0.417 e. The standard InChI is InChI=1S/C15H21F3N2OS/c1-9(2)20(10(3)4)14(21)11(5)22-13-7-6-12(8-19-13)15(16,17)18/h6-11H,1-5H3. The molecule has 0 N–H and O–H groups in total. The second kappa shape index (κ2) is 7.35. The predicted molar refractivity (Wildman–Crippen MR) is 81.7 cm³/mol. The molecular weight excluding hydrogens is 313 g/mol. The molecule has 1 heterocycles. The number of nitrogens with zero attached hydrogens (tertiary/aromatic N) is 2. The molecule has 0 aliphatic heterocycles. The molecule has 0 bridgehead atoms. The van der Waals surface area contributed by atoms with E-state index < -0.39 is 17.0 Å². The van der Waals surface area contributed by atoms with Crippen molar-refractivity contribution < 1.29 is 18.0 Å². The fourth-order valence-electron chi connectivity index (χ4n) is 2.16. The fraction of sp³-hybridized carbons (Fsp3) is 0.600. The molecule has 1 rings (SSSR count). The molecule has 0 aliphatic rings. The SMILES string of the molecule is CC(Sc1ccc(C(F)(F)F)cn1)C(=O)N(C(C)C)C(C)C. The predicted octanol–water partition coefficient (Wildman–Crippen LogP) is 4.23. The highest BCUT2D eigenvalue weighted by atomic mass is 32.2. The van der Waals surface area contributed by atoms with Gasteiger partial charge in [-0.05, 0) is 46.8 Å². The molecule has 1 amide bonds. The zero-order chi connectivity index (χ0) is 17.1. The average Bonchev–Trinajstić information content (AvgIpc) is 2.37. The van der Waals surface area contributed by atoms with Crippen LogP contribution in [-0.2, 0) is 11.0 Å². The molecule has 22 heavy (non-hydrogen) atoms. The van der Waals surface area contributed by atoms with E-state index in [-0.39, 0.29) is 18.0 Å². The summed E-state index contributed by atoms with van der Waals surface area (Å²) in [4.78, 5) is 18.0. The molecule has 1 aromatic heterocycles. The summed E-state index contributed by atoms with van der Waals surface area (Å²) in [5, 5.41) is -0.00431. The lowest BCUT2D eigenvalue weighted by molar-refractivity contribution is -0.138. The van der Waals surface area contributed by atoms with Crippen LogP contribution in [-0.4, -0.2) is 33.1 Å². The average molecular weight is 334 g/mol. The van der Waals surface area contributed by atoms with E-state index in [4.69, 9.17) is 0 Å². The normalized spacial score (nSPS) is 13.5. The first-order valence-electron chi connectivity index (χ1n) is 7.06. The van der Waals surface area contributed by atoms with Gasteiger partial charge in [-0.1, -0.05) is 11.8 Å². The molecule has 0 radical (unpaired) electrons. The Kier molecular flexibility index (Phi) is 6.28. The number of carbonyl (C=O) groups is 1. The lowest BCUT2D eigenvalue weighted by Crippen LogP contribution is -2.45. The third-order valence-electron chi connectivity index (χ3n) is 3.08. The van der Waals surface area contributed by atoms with Crippen molar-refractivity contribution in [2.24, 2.45) is 0 Å². The Morgan fingerprint density at radius 1 is 1.14 bits per heavy atom. The van der Waals surface area contributed by atoms with Crippen molar-refractivity contribution in [1.29, 1.82) is 0 Å². The van der Waals surface area contributed by atoms with Gasteiger partial charge in [-0.25, -0.2) is 4.98 Å². The molecule has 1 atom stereocenters. The highest BCUT2D eigenvalue weighted by Crippen LogP contribution is 2.30. The van der Waals surface area contributed by atoms with Crippen LogP contribution in [0.25, 0.3) is 0 Å². The van der Waals surface area contributed by atoms with Crippen LogP contribution in [0.3, 0.4) is 0 Å². The van der Waals surface area contributed by atoms with Crippen molar-refractivity contribution in [2.45, 2.75) is 63.2 Å². The van der Waals surface area contributed by atoms with Gasteiger partial charge in [0.25, 0.3) is 0 Å². The lowest BCUT2D eigenvalue weighted by Gasteiger charge is -2.32. The van der Waals surface area contributed by atoms with Crippen LogP contribution >= 0.6 is 11.8 Å². The quantitative estimate of drug-likeness (QED) is 0.756. The van der Waals surface area contributed by atoms with E-state index in [0.717, 1.165) is 24.0 Å². The summed E-state index contributed by atoms with van der Waals surface area (Å²) < 4.78 is 37.5. The molecule has 3 nitrogen and oxygen atoms in total. The van der Waals surface area contributed by atoms with Gasteiger partial charge in [-0.15, -0.1) is 0 Å². The van der Waals surface area contributed by atoms with E-state index in [1.54, 1.807) is 11.8 Å². The van der Waals surface area contributed by atoms with Crippen LogP contribution in [0.4, 0.5) is 13.2 Å². The molecule has 0 aromatic carbocycles. The summed E-state index contributed by atoms with van der Waals surface area (Å²) >= 11 is 1.16. The van der Waals surface area contributed by atoms with Crippen molar-refractivity contribution >= 4 is 17.7 Å². The zero-order valence-electron chi connectivity index (χ0n) is 13.3. The first-order chi connectivity index (χ1) is 10.0. The Labute approximate surface area is 133 Å². The Bertz CT molecular complexity index is 493.